The Labute approximate surface area is 63.9 Å². The molecular formula is C4H11N2O4P. The molecule has 66 valence electrons. The fourth-order valence-electron chi connectivity index (χ4n) is 0.342. The summed E-state index contributed by atoms with van der Waals surface area (Å²) in [6.45, 7) is 1.43. The molecule has 0 heterocycles. The van der Waals surface area contributed by atoms with Crippen LogP contribution in [0.2, 0.25) is 0 Å². The van der Waals surface area contributed by atoms with Gasteiger partial charge < -0.3 is 20.8 Å². The average molecular weight is 182 g/mol. The molecule has 5 N–H and O–H groups in total. The molecule has 0 rings (SSSR count). The Balaban J connectivity index is 3.73. The van der Waals surface area contributed by atoms with Gasteiger partial charge in [-0.2, -0.15) is 0 Å². The Kier molecular flexibility index (Phi) is 3.68. The quantitative estimate of drug-likeness (QED) is 0.400. The molecule has 0 radical (unpaired) electrons. The fourth-order valence-corrected chi connectivity index (χ4v) is 0.704. The normalized spacial score (nSPS) is 14.2. The van der Waals surface area contributed by atoms with E-state index >= 15 is 0 Å². The van der Waals surface area contributed by atoms with E-state index in [1.165, 1.54) is 6.92 Å². The first kappa shape index (κ1) is 10.6. The predicted octanol–water partition coefficient (Wildman–Crippen LogP) is -1.42. The smallest absolute Gasteiger partial charge is 0.343 e. The van der Waals surface area contributed by atoms with Gasteiger partial charge in [-0.25, -0.2) is 0 Å². The molecule has 1 atom stereocenters. The second-order valence-electron chi connectivity index (χ2n) is 2.15. The number of carbonyl (C=O) groups excluding carboxylic acids is 1. The third-order valence-corrected chi connectivity index (χ3v) is 1.44. The van der Waals surface area contributed by atoms with Gasteiger partial charge in [-0.3, -0.25) is 9.36 Å². The van der Waals surface area contributed by atoms with Crippen molar-refractivity contribution in [1.29, 1.82) is 0 Å². The van der Waals surface area contributed by atoms with E-state index in [4.69, 9.17) is 15.5 Å². The van der Waals surface area contributed by atoms with Gasteiger partial charge in [-0.1, -0.05) is 0 Å². The second kappa shape index (κ2) is 3.82. The van der Waals surface area contributed by atoms with Crippen molar-refractivity contribution in [1.82, 2.24) is 5.32 Å². The van der Waals surface area contributed by atoms with E-state index in [1.54, 1.807) is 0 Å². The van der Waals surface area contributed by atoms with Crippen LogP contribution in [0.15, 0.2) is 0 Å². The van der Waals surface area contributed by atoms with Crippen LogP contribution in [-0.2, 0) is 9.36 Å². The fraction of sp³-hybridized carbons (Fsp3) is 0.750. The van der Waals surface area contributed by atoms with Crippen molar-refractivity contribution in [2.75, 3.05) is 6.29 Å². The largest absolute Gasteiger partial charge is 0.344 e. The zero-order valence-electron chi connectivity index (χ0n) is 6.02. The van der Waals surface area contributed by atoms with Gasteiger partial charge in [0.25, 0.3) is 0 Å². The molecule has 0 saturated heterocycles. The first-order valence-electron chi connectivity index (χ1n) is 2.91. The molecule has 0 fully saturated rings. The monoisotopic (exact) mass is 182 g/mol. The molecule has 0 bridgehead atoms. The highest BCUT2D eigenvalue weighted by atomic mass is 31.2. The van der Waals surface area contributed by atoms with Crippen LogP contribution in [0.1, 0.15) is 6.92 Å². The molecule has 0 saturated carbocycles. The zero-order valence-corrected chi connectivity index (χ0v) is 6.91. The first-order valence-corrected chi connectivity index (χ1v) is 4.70. The summed E-state index contributed by atoms with van der Waals surface area (Å²) in [5.41, 5.74) is 5.10. The lowest BCUT2D eigenvalue weighted by atomic mass is 10.3. The van der Waals surface area contributed by atoms with Crippen LogP contribution < -0.4 is 11.1 Å². The highest BCUT2D eigenvalue weighted by Crippen LogP contribution is 2.31. The predicted molar refractivity (Wildman–Crippen MR) is 38.7 cm³/mol. The molecule has 7 heteroatoms. The Morgan fingerprint density at radius 3 is 2.45 bits per heavy atom. The molecule has 0 aliphatic rings. The van der Waals surface area contributed by atoms with E-state index in [0.717, 1.165) is 0 Å². The van der Waals surface area contributed by atoms with Crippen molar-refractivity contribution in [3.8, 4) is 0 Å². The number of hydrogen-bond donors (Lipinski definition) is 4. The lowest BCUT2D eigenvalue weighted by molar-refractivity contribution is -0.121. The van der Waals surface area contributed by atoms with Gasteiger partial charge in [0.2, 0.25) is 5.91 Å². The van der Waals surface area contributed by atoms with Crippen LogP contribution in [-0.4, -0.2) is 28.0 Å². The van der Waals surface area contributed by atoms with Crippen molar-refractivity contribution in [2.45, 2.75) is 13.0 Å². The highest BCUT2D eigenvalue weighted by molar-refractivity contribution is 7.51. The third-order valence-electron chi connectivity index (χ3n) is 0.873. The number of nitrogens with one attached hydrogen (secondary N) is 1. The van der Waals surface area contributed by atoms with E-state index < -0.39 is 25.8 Å². The van der Waals surface area contributed by atoms with Crippen molar-refractivity contribution < 1.29 is 19.1 Å². The SMILES string of the molecule is CC(N)C(=O)NCP(=O)(O)O. The minimum absolute atomic E-state index is 0.576. The van der Waals surface area contributed by atoms with Gasteiger partial charge in [0, 0.05) is 0 Å². The minimum Gasteiger partial charge on any atom is -0.343 e. The Morgan fingerprint density at radius 1 is 1.73 bits per heavy atom. The molecule has 11 heavy (non-hydrogen) atoms. The van der Waals surface area contributed by atoms with Crippen molar-refractivity contribution in [3.63, 3.8) is 0 Å². The molecule has 0 aliphatic heterocycles. The minimum atomic E-state index is -4.15. The van der Waals surface area contributed by atoms with Gasteiger partial charge in [-0.05, 0) is 6.92 Å². The van der Waals surface area contributed by atoms with E-state index in [2.05, 4.69) is 0 Å². The van der Waals surface area contributed by atoms with Crippen LogP contribution in [0.3, 0.4) is 0 Å². The lowest BCUT2D eigenvalue weighted by Gasteiger charge is -2.07. The Bertz CT molecular complexity index is 187. The maximum Gasteiger partial charge on any atom is 0.344 e. The van der Waals surface area contributed by atoms with Crippen LogP contribution in [0.25, 0.3) is 0 Å². The molecule has 0 aliphatic carbocycles. The van der Waals surface area contributed by atoms with Crippen LogP contribution in [0, 0.1) is 0 Å². The zero-order chi connectivity index (χ0) is 9.07. The molecular weight excluding hydrogens is 171 g/mol. The van der Waals surface area contributed by atoms with Gasteiger partial charge in [-0.15, -0.1) is 0 Å². The molecule has 0 aromatic heterocycles. The third kappa shape index (κ3) is 6.00. The number of carbonyl (C=O) groups is 1. The van der Waals surface area contributed by atoms with Gasteiger partial charge in [0.15, 0.2) is 0 Å². The van der Waals surface area contributed by atoms with E-state index in [-0.39, 0.29) is 0 Å². The topological polar surface area (TPSA) is 113 Å². The Morgan fingerprint density at radius 2 is 2.18 bits per heavy atom. The van der Waals surface area contributed by atoms with E-state index in [0.29, 0.717) is 0 Å². The summed E-state index contributed by atoms with van der Waals surface area (Å²) in [5.74, 6) is -0.576. The number of hydrogen-bond acceptors (Lipinski definition) is 3. The molecule has 1 unspecified atom stereocenters. The summed E-state index contributed by atoms with van der Waals surface area (Å²) in [4.78, 5) is 27.2. The molecule has 0 aromatic rings. The van der Waals surface area contributed by atoms with Gasteiger partial charge in [0.1, 0.15) is 6.29 Å². The van der Waals surface area contributed by atoms with Crippen LogP contribution in [0.5, 0.6) is 0 Å². The molecule has 0 aromatic carbocycles. The second-order valence-corrected chi connectivity index (χ2v) is 3.80. The maximum atomic E-state index is 10.6. The summed E-state index contributed by atoms with van der Waals surface area (Å²) in [5, 5.41) is 1.99. The summed E-state index contributed by atoms with van der Waals surface area (Å²) < 4.78 is 10.2. The van der Waals surface area contributed by atoms with Crippen LogP contribution >= 0.6 is 7.60 Å². The average Bonchev–Trinajstić information content (AvgIpc) is 1.80. The van der Waals surface area contributed by atoms with Crippen LogP contribution in [0.4, 0.5) is 0 Å². The molecule has 1 amide bonds. The number of rotatable bonds is 3. The van der Waals surface area contributed by atoms with Crippen molar-refractivity contribution in [2.24, 2.45) is 5.73 Å². The van der Waals surface area contributed by atoms with Gasteiger partial charge in [0.05, 0.1) is 6.04 Å². The number of amides is 1. The maximum absolute atomic E-state index is 10.6. The number of nitrogens with two attached hydrogens (primary N) is 1. The first-order chi connectivity index (χ1) is 4.83. The molecule has 6 nitrogen and oxygen atoms in total. The van der Waals surface area contributed by atoms with Crippen molar-refractivity contribution >= 4 is 13.5 Å². The van der Waals surface area contributed by atoms with Gasteiger partial charge >= 0.3 is 7.60 Å². The summed E-state index contributed by atoms with van der Waals surface area (Å²) in [7, 11) is -4.15. The van der Waals surface area contributed by atoms with E-state index in [1.807, 2.05) is 5.32 Å². The summed E-state index contributed by atoms with van der Waals surface area (Å²) in [6.07, 6.45) is -0.659. The standard InChI is InChI=1S/C4H11N2O4P/c1-3(5)4(7)6-2-11(8,9)10/h3H,2,5H2,1H3,(H,6,7)(H2,8,9,10). The highest BCUT2D eigenvalue weighted by Gasteiger charge is 2.15. The van der Waals surface area contributed by atoms with Crippen molar-refractivity contribution in [3.05, 3.63) is 0 Å². The van der Waals surface area contributed by atoms with E-state index in [9.17, 15) is 9.36 Å². The lowest BCUT2D eigenvalue weighted by Crippen LogP contribution is -2.38. The molecule has 0 spiro atoms. The Hall–Kier alpha value is -0.420. The summed E-state index contributed by atoms with van der Waals surface area (Å²) in [6, 6.07) is -0.749. The summed E-state index contributed by atoms with van der Waals surface area (Å²) >= 11 is 0.